The standard InChI is InChI=1S/C19H27N5O2/c1-10-15(11(2)24-16(22-10)8-17(25)23-24)9-21-19(26)14-6-12-4-3-5-13(7-14)18(12)20/h8,12-14,18H,3-7,9,20H2,1-2H3,(H,21,26)(H,23,25). The molecule has 2 fully saturated rings. The molecule has 2 unspecified atom stereocenters. The van der Waals surface area contributed by atoms with Gasteiger partial charge in [0.05, 0.1) is 0 Å². The van der Waals surface area contributed by atoms with E-state index in [-0.39, 0.29) is 23.4 Å². The van der Waals surface area contributed by atoms with E-state index in [2.05, 4.69) is 15.4 Å². The molecular formula is C19H27N5O2. The molecular weight excluding hydrogens is 330 g/mol. The summed E-state index contributed by atoms with van der Waals surface area (Å²) in [4.78, 5) is 28.8. The number of fused-ring (bicyclic) bond motifs is 3. The van der Waals surface area contributed by atoms with Gasteiger partial charge in [-0.1, -0.05) is 6.42 Å². The maximum absolute atomic E-state index is 12.8. The third-order valence-corrected chi connectivity index (χ3v) is 6.43. The molecule has 2 saturated carbocycles. The highest BCUT2D eigenvalue weighted by Crippen LogP contribution is 2.41. The first-order chi connectivity index (χ1) is 12.4. The Morgan fingerprint density at radius 1 is 1.35 bits per heavy atom. The number of aryl methyl sites for hydroxylation is 2. The van der Waals surface area contributed by atoms with Gasteiger partial charge in [-0.05, 0) is 51.4 Å². The summed E-state index contributed by atoms with van der Waals surface area (Å²) in [5, 5.41) is 5.85. The minimum absolute atomic E-state index is 0.0637. The van der Waals surface area contributed by atoms with E-state index < -0.39 is 0 Å². The van der Waals surface area contributed by atoms with Crippen LogP contribution in [0.2, 0.25) is 0 Å². The summed E-state index contributed by atoms with van der Waals surface area (Å²) in [5.41, 5.74) is 9.45. The zero-order valence-electron chi connectivity index (χ0n) is 15.4. The van der Waals surface area contributed by atoms with Gasteiger partial charge in [0, 0.05) is 41.5 Å². The van der Waals surface area contributed by atoms with Gasteiger partial charge in [-0.25, -0.2) is 9.50 Å². The number of nitrogens with zero attached hydrogens (tertiary/aromatic N) is 2. The van der Waals surface area contributed by atoms with Crippen molar-refractivity contribution >= 4 is 11.6 Å². The minimum atomic E-state index is -0.175. The summed E-state index contributed by atoms with van der Waals surface area (Å²) < 4.78 is 1.68. The Labute approximate surface area is 152 Å². The van der Waals surface area contributed by atoms with Gasteiger partial charge in [-0.15, -0.1) is 0 Å². The fourth-order valence-electron chi connectivity index (χ4n) is 4.93. The Balaban J connectivity index is 1.48. The second kappa shape index (κ2) is 6.54. The first kappa shape index (κ1) is 17.3. The Bertz CT molecular complexity index is 885. The van der Waals surface area contributed by atoms with E-state index in [4.69, 9.17) is 5.73 Å². The molecule has 26 heavy (non-hydrogen) atoms. The van der Waals surface area contributed by atoms with Gasteiger partial charge in [0.2, 0.25) is 5.91 Å². The normalized spacial score (nSPS) is 28.3. The summed E-state index contributed by atoms with van der Waals surface area (Å²) >= 11 is 0. The average Bonchev–Trinajstić information content (AvgIpc) is 2.94. The molecule has 0 saturated heterocycles. The Morgan fingerprint density at radius 2 is 2.04 bits per heavy atom. The van der Waals surface area contributed by atoms with Gasteiger partial charge in [0.25, 0.3) is 5.56 Å². The van der Waals surface area contributed by atoms with Crippen LogP contribution in [0.15, 0.2) is 10.9 Å². The largest absolute Gasteiger partial charge is 0.352 e. The molecule has 0 spiro atoms. The van der Waals surface area contributed by atoms with Gasteiger partial charge in [0.15, 0.2) is 5.65 Å². The number of carbonyl (C=O) groups excluding carboxylic acids is 1. The van der Waals surface area contributed by atoms with Crippen LogP contribution in [0.1, 0.15) is 49.1 Å². The highest BCUT2D eigenvalue weighted by Gasteiger charge is 2.40. The molecule has 7 nitrogen and oxygen atoms in total. The SMILES string of the molecule is Cc1nc2cc(=O)[nH]n2c(C)c1CNC(=O)C1CC2CCCC(C1)C2N. The van der Waals surface area contributed by atoms with Crippen LogP contribution in [0.25, 0.3) is 5.65 Å². The van der Waals surface area contributed by atoms with Crippen LogP contribution in [-0.2, 0) is 11.3 Å². The molecule has 2 atom stereocenters. The predicted octanol–water partition coefficient (Wildman–Crippen LogP) is 1.41. The van der Waals surface area contributed by atoms with E-state index in [9.17, 15) is 9.59 Å². The number of aromatic nitrogens is 3. The first-order valence-corrected chi connectivity index (χ1v) is 9.55. The Hall–Kier alpha value is -2.15. The van der Waals surface area contributed by atoms with Crippen LogP contribution >= 0.6 is 0 Å². The zero-order valence-corrected chi connectivity index (χ0v) is 15.4. The summed E-state index contributed by atoms with van der Waals surface area (Å²) in [7, 11) is 0. The number of amides is 1. The number of aromatic amines is 1. The van der Waals surface area contributed by atoms with E-state index in [0.29, 0.717) is 24.0 Å². The van der Waals surface area contributed by atoms with Crippen molar-refractivity contribution in [3.63, 3.8) is 0 Å². The second-order valence-corrected chi connectivity index (χ2v) is 7.99. The number of H-pyrrole nitrogens is 1. The maximum Gasteiger partial charge on any atom is 0.266 e. The van der Waals surface area contributed by atoms with Crippen LogP contribution < -0.4 is 16.6 Å². The lowest BCUT2D eigenvalue weighted by molar-refractivity contribution is -0.128. The molecule has 140 valence electrons. The van der Waals surface area contributed by atoms with Crippen molar-refractivity contribution < 1.29 is 4.79 Å². The molecule has 2 aliphatic carbocycles. The fraction of sp³-hybridized carbons (Fsp3) is 0.632. The third-order valence-electron chi connectivity index (χ3n) is 6.43. The van der Waals surface area contributed by atoms with Crippen LogP contribution in [0, 0.1) is 31.6 Å². The van der Waals surface area contributed by atoms with E-state index in [0.717, 1.165) is 42.6 Å². The van der Waals surface area contributed by atoms with E-state index in [1.54, 1.807) is 4.52 Å². The number of rotatable bonds is 3. The molecule has 1 amide bonds. The fourth-order valence-corrected chi connectivity index (χ4v) is 4.93. The van der Waals surface area contributed by atoms with Crippen LogP contribution in [0.3, 0.4) is 0 Å². The Morgan fingerprint density at radius 3 is 2.73 bits per heavy atom. The van der Waals surface area contributed by atoms with Crippen molar-refractivity contribution in [2.24, 2.45) is 23.5 Å². The minimum Gasteiger partial charge on any atom is -0.352 e. The zero-order chi connectivity index (χ0) is 18.4. The molecule has 2 aliphatic rings. The lowest BCUT2D eigenvalue weighted by atomic mass is 9.65. The lowest BCUT2D eigenvalue weighted by Crippen LogP contribution is -2.49. The highest BCUT2D eigenvalue weighted by atomic mass is 16.2. The summed E-state index contributed by atoms with van der Waals surface area (Å²) in [6.45, 7) is 4.27. The van der Waals surface area contributed by atoms with Crippen molar-refractivity contribution in [3.05, 3.63) is 33.4 Å². The van der Waals surface area contributed by atoms with Crippen molar-refractivity contribution in [3.8, 4) is 0 Å². The topological polar surface area (TPSA) is 105 Å². The molecule has 7 heteroatoms. The summed E-state index contributed by atoms with van der Waals surface area (Å²) in [6, 6.07) is 1.75. The van der Waals surface area contributed by atoms with E-state index in [1.807, 2.05) is 13.8 Å². The molecule has 2 aromatic rings. The first-order valence-electron chi connectivity index (χ1n) is 9.55. The molecule has 2 heterocycles. The van der Waals surface area contributed by atoms with Crippen LogP contribution in [-0.4, -0.2) is 26.5 Å². The van der Waals surface area contributed by atoms with Gasteiger partial charge in [-0.3, -0.25) is 14.7 Å². The third kappa shape index (κ3) is 2.94. The molecule has 4 rings (SSSR count). The summed E-state index contributed by atoms with van der Waals surface area (Å²) in [5.74, 6) is 1.16. The van der Waals surface area contributed by atoms with E-state index >= 15 is 0 Å². The predicted molar refractivity (Wildman–Crippen MR) is 98.7 cm³/mol. The van der Waals surface area contributed by atoms with Crippen molar-refractivity contribution in [1.82, 2.24) is 19.9 Å². The summed E-state index contributed by atoms with van der Waals surface area (Å²) in [6.07, 6.45) is 5.37. The molecule has 0 aliphatic heterocycles. The van der Waals surface area contributed by atoms with Gasteiger partial charge >= 0.3 is 0 Å². The van der Waals surface area contributed by atoms with Crippen LogP contribution in [0.4, 0.5) is 0 Å². The quantitative estimate of drug-likeness (QED) is 0.772. The van der Waals surface area contributed by atoms with Crippen molar-refractivity contribution in [2.75, 3.05) is 0 Å². The van der Waals surface area contributed by atoms with E-state index in [1.165, 1.54) is 12.5 Å². The lowest BCUT2D eigenvalue weighted by Gasteiger charge is -2.43. The number of nitrogens with two attached hydrogens (primary N) is 1. The Kier molecular flexibility index (Phi) is 4.34. The number of nitrogens with one attached hydrogen (secondary N) is 2. The molecule has 4 N–H and O–H groups in total. The van der Waals surface area contributed by atoms with Crippen molar-refractivity contribution in [2.45, 2.75) is 58.5 Å². The van der Waals surface area contributed by atoms with Gasteiger partial charge < -0.3 is 11.1 Å². The monoisotopic (exact) mass is 357 g/mol. The van der Waals surface area contributed by atoms with Gasteiger partial charge in [0.1, 0.15) is 0 Å². The van der Waals surface area contributed by atoms with Crippen molar-refractivity contribution in [1.29, 1.82) is 0 Å². The number of hydrogen-bond acceptors (Lipinski definition) is 4. The average molecular weight is 357 g/mol. The smallest absolute Gasteiger partial charge is 0.266 e. The molecule has 0 aromatic carbocycles. The maximum atomic E-state index is 12.8. The molecule has 2 aromatic heterocycles. The van der Waals surface area contributed by atoms with Gasteiger partial charge in [-0.2, -0.15) is 0 Å². The molecule has 2 bridgehead atoms. The highest BCUT2D eigenvalue weighted by molar-refractivity contribution is 5.78. The number of hydrogen-bond donors (Lipinski definition) is 3. The second-order valence-electron chi connectivity index (χ2n) is 7.99. The molecule has 0 radical (unpaired) electrons. The number of carbonyl (C=O) groups is 1. The van der Waals surface area contributed by atoms with Crippen LogP contribution in [0.5, 0.6) is 0 Å².